The lowest BCUT2D eigenvalue weighted by molar-refractivity contribution is -0.0394. The maximum absolute atomic E-state index is 5.75. The van der Waals surface area contributed by atoms with Gasteiger partial charge >= 0.3 is 0 Å². The summed E-state index contributed by atoms with van der Waals surface area (Å²) in [6, 6.07) is 1.96. The van der Waals surface area contributed by atoms with Crippen LogP contribution in [0.4, 0.5) is 0 Å². The number of nitrogens with zero attached hydrogens (tertiary/aromatic N) is 3. The molecule has 2 aromatic rings. The first-order chi connectivity index (χ1) is 10.8. The molecule has 6 heteroatoms. The quantitative estimate of drug-likeness (QED) is 0.795. The second-order valence-corrected chi connectivity index (χ2v) is 5.39. The van der Waals surface area contributed by atoms with E-state index in [0.717, 1.165) is 42.0 Å². The first kappa shape index (κ1) is 15.0. The molecule has 1 fully saturated rings. The molecule has 1 aliphatic heterocycles. The van der Waals surface area contributed by atoms with Crippen LogP contribution in [0.3, 0.4) is 0 Å². The first-order valence-corrected chi connectivity index (χ1v) is 7.52. The summed E-state index contributed by atoms with van der Waals surface area (Å²) in [5, 5.41) is 4.43. The number of ether oxygens (including phenoxy) is 3. The third kappa shape index (κ3) is 3.28. The van der Waals surface area contributed by atoms with Gasteiger partial charge in [-0.3, -0.25) is 4.98 Å². The van der Waals surface area contributed by atoms with Crippen molar-refractivity contribution in [3.8, 4) is 16.9 Å². The highest BCUT2D eigenvalue weighted by Crippen LogP contribution is 2.27. The van der Waals surface area contributed by atoms with E-state index in [2.05, 4.69) is 10.1 Å². The minimum absolute atomic E-state index is 0.0464. The molecule has 2 aromatic heterocycles. The van der Waals surface area contributed by atoms with Gasteiger partial charge in [-0.05, 0) is 32.3 Å². The standard InChI is InChI=1S/C16H21N3O3/c1-12-15(22-11-20-2)7-13(8-17-12)14-9-18-19(10-14)16-5-3-4-6-21-16/h7-10,16H,3-6,11H2,1-2H3. The van der Waals surface area contributed by atoms with Crippen LogP contribution in [-0.2, 0) is 9.47 Å². The third-order valence-electron chi connectivity index (χ3n) is 3.76. The van der Waals surface area contributed by atoms with E-state index in [4.69, 9.17) is 14.2 Å². The highest BCUT2D eigenvalue weighted by Gasteiger charge is 2.17. The summed E-state index contributed by atoms with van der Waals surface area (Å²) in [5.41, 5.74) is 2.81. The maximum Gasteiger partial charge on any atom is 0.188 e. The Bertz CT molecular complexity index is 621. The molecule has 0 radical (unpaired) electrons. The lowest BCUT2D eigenvalue weighted by atomic mass is 10.1. The number of methoxy groups -OCH3 is 1. The topological polar surface area (TPSA) is 58.4 Å². The van der Waals surface area contributed by atoms with Crippen LogP contribution >= 0.6 is 0 Å². The highest BCUT2D eigenvalue weighted by molar-refractivity contribution is 5.62. The Morgan fingerprint density at radius 3 is 3.00 bits per heavy atom. The zero-order valence-corrected chi connectivity index (χ0v) is 13.0. The van der Waals surface area contributed by atoms with Crippen LogP contribution < -0.4 is 4.74 Å². The predicted octanol–water partition coefficient (Wildman–Crippen LogP) is 2.94. The summed E-state index contributed by atoms with van der Waals surface area (Å²) in [7, 11) is 1.60. The fraction of sp³-hybridized carbons (Fsp3) is 0.500. The third-order valence-corrected chi connectivity index (χ3v) is 3.76. The van der Waals surface area contributed by atoms with Gasteiger partial charge in [-0.15, -0.1) is 0 Å². The van der Waals surface area contributed by atoms with Gasteiger partial charge in [-0.2, -0.15) is 5.10 Å². The van der Waals surface area contributed by atoms with Crippen LogP contribution in [0.15, 0.2) is 24.7 Å². The molecule has 0 bridgehead atoms. The molecule has 118 valence electrons. The van der Waals surface area contributed by atoms with Crippen molar-refractivity contribution in [3.63, 3.8) is 0 Å². The summed E-state index contributed by atoms with van der Waals surface area (Å²) < 4.78 is 18.1. The second kappa shape index (κ2) is 6.89. The van der Waals surface area contributed by atoms with Crippen molar-refractivity contribution in [2.45, 2.75) is 32.4 Å². The predicted molar refractivity (Wildman–Crippen MR) is 81.5 cm³/mol. The summed E-state index contributed by atoms with van der Waals surface area (Å²) in [6.45, 7) is 2.93. The fourth-order valence-electron chi connectivity index (χ4n) is 2.52. The Kier molecular flexibility index (Phi) is 4.70. The molecule has 0 spiro atoms. The van der Waals surface area contributed by atoms with Crippen molar-refractivity contribution in [3.05, 3.63) is 30.4 Å². The number of pyridine rings is 1. The van der Waals surface area contributed by atoms with Crippen LogP contribution in [0.1, 0.15) is 31.2 Å². The smallest absolute Gasteiger partial charge is 0.188 e. The van der Waals surface area contributed by atoms with Crippen LogP contribution in [0, 0.1) is 6.92 Å². The minimum atomic E-state index is 0.0464. The van der Waals surface area contributed by atoms with Gasteiger partial charge in [0.25, 0.3) is 0 Å². The van der Waals surface area contributed by atoms with Crippen molar-refractivity contribution in [1.29, 1.82) is 0 Å². The van der Waals surface area contributed by atoms with Gasteiger partial charge in [0, 0.05) is 37.2 Å². The lowest BCUT2D eigenvalue weighted by Gasteiger charge is -2.22. The highest BCUT2D eigenvalue weighted by atomic mass is 16.7. The molecule has 1 saturated heterocycles. The molecule has 6 nitrogen and oxygen atoms in total. The number of aryl methyl sites for hydroxylation is 1. The van der Waals surface area contributed by atoms with E-state index in [9.17, 15) is 0 Å². The van der Waals surface area contributed by atoms with Gasteiger partial charge in [-0.25, -0.2) is 4.68 Å². The summed E-state index contributed by atoms with van der Waals surface area (Å²) in [4.78, 5) is 4.38. The largest absolute Gasteiger partial charge is 0.466 e. The molecular formula is C16H21N3O3. The van der Waals surface area contributed by atoms with Gasteiger partial charge in [0.05, 0.1) is 11.9 Å². The zero-order valence-electron chi connectivity index (χ0n) is 13.0. The van der Waals surface area contributed by atoms with Crippen LogP contribution in [0.2, 0.25) is 0 Å². The Hall–Kier alpha value is -1.92. The van der Waals surface area contributed by atoms with E-state index in [0.29, 0.717) is 0 Å². The van der Waals surface area contributed by atoms with Crippen molar-refractivity contribution in [2.24, 2.45) is 0 Å². The molecule has 0 N–H and O–H groups in total. The van der Waals surface area contributed by atoms with Crippen LogP contribution in [0.5, 0.6) is 5.75 Å². The number of rotatable bonds is 5. The Morgan fingerprint density at radius 1 is 1.32 bits per heavy atom. The molecule has 0 aliphatic carbocycles. The van der Waals surface area contributed by atoms with Crippen LogP contribution in [0.25, 0.3) is 11.1 Å². The van der Waals surface area contributed by atoms with Gasteiger partial charge < -0.3 is 14.2 Å². The van der Waals surface area contributed by atoms with E-state index in [1.807, 2.05) is 36.3 Å². The molecule has 3 heterocycles. The molecular weight excluding hydrogens is 282 g/mol. The fourth-order valence-corrected chi connectivity index (χ4v) is 2.52. The monoisotopic (exact) mass is 303 g/mol. The molecule has 0 amide bonds. The Morgan fingerprint density at radius 2 is 2.23 bits per heavy atom. The van der Waals surface area contributed by atoms with E-state index >= 15 is 0 Å². The molecule has 1 unspecified atom stereocenters. The average Bonchev–Trinajstić information content (AvgIpc) is 3.05. The molecule has 3 rings (SSSR count). The average molecular weight is 303 g/mol. The van der Waals surface area contributed by atoms with Crippen molar-refractivity contribution < 1.29 is 14.2 Å². The molecule has 1 atom stereocenters. The lowest BCUT2D eigenvalue weighted by Crippen LogP contribution is -2.18. The molecule has 0 aromatic carbocycles. The van der Waals surface area contributed by atoms with Gasteiger partial charge in [-0.1, -0.05) is 0 Å². The van der Waals surface area contributed by atoms with Crippen molar-refractivity contribution in [2.75, 3.05) is 20.5 Å². The van der Waals surface area contributed by atoms with E-state index in [1.165, 1.54) is 6.42 Å². The Balaban J connectivity index is 1.80. The second-order valence-electron chi connectivity index (χ2n) is 5.39. The maximum atomic E-state index is 5.75. The van der Waals surface area contributed by atoms with Gasteiger partial charge in [0.1, 0.15) is 12.0 Å². The molecule has 22 heavy (non-hydrogen) atoms. The van der Waals surface area contributed by atoms with Crippen LogP contribution in [-0.4, -0.2) is 35.3 Å². The number of hydrogen-bond donors (Lipinski definition) is 0. The SMILES string of the molecule is COCOc1cc(-c2cnn(C3CCCCO3)c2)cnc1C. The minimum Gasteiger partial charge on any atom is -0.466 e. The summed E-state index contributed by atoms with van der Waals surface area (Å²) in [5.74, 6) is 0.723. The normalized spacial score (nSPS) is 18.4. The summed E-state index contributed by atoms with van der Waals surface area (Å²) >= 11 is 0. The first-order valence-electron chi connectivity index (χ1n) is 7.52. The van der Waals surface area contributed by atoms with E-state index < -0.39 is 0 Å². The van der Waals surface area contributed by atoms with Gasteiger partial charge in [0.2, 0.25) is 0 Å². The van der Waals surface area contributed by atoms with Crippen molar-refractivity contribution in [1.82, 2.24) is 14.8 Å². The van der Waals surface area contributed by atoms with E-state index in [1.54, 1.807) is 7.11 Å². The van der Waals surface area contributed by atoms with E-state index in [-0.39, 0.29) is 13.0 Å². The summed E-state index contributed by atoms with van der Waals surface area (Å²) in [6.07, 6.45) is 9.04. The van der Waals surface area contributed by atoms with Crippen molar-refractivity contribution >= 4 is 0 Å². The van der Waals surface area contributed by atoms with Gasteiger partial charge in [0.15, 0.2) is 6.79 Å². The number of aromatic nitrogens is 3. The molecule has 0 saturated carbocycles. The Labute approximate surface area is 130 Å². The molecule has 1 aliphatic rings. The number of hydrogen-bond acceptors (Lipinski definition) is 5. The zero-order chi connectivity index (χ0) is 15.4.